The fourth-order valence-electron chi connectivity index (χ4n) is 1.42. The van der Waals surface area contributed by atoms with Gasteiger partial charge in [-0.15, -0.1) is 0 Å². The smallest absolute Gasteiger partial charge is 0.266 e. The van der Waals surface area contributed by atoms with E-state index in [1.165, 1.54) is 6.20 Å². The molecule has 0 fully saturated rings. The van der Waals surface area contributed by atoms with Crippen molar-refractivity contribution in [3.8, 4) is 5.75 Å². The average molecular weight is 326 g/mol. The van der Waals surface area contributed by atoms with E-state index in [2.05, 4.69) is 10.3 Å². The van der Waals surface area contributed by atoms with Gasteiger partial charge in [0, 0.05) is 5.02 Å². The predicted molar refractivity (Wildman–Crippen MR) is 80.8 cm³/mol. The van der Waals surface area contributed by atoms with Gasteiger partial charge in [0.1, 0.15) is 10.6 Å². The van der Waals surface area contributed by atoms with E-state index in [-0.39, 0.29) is 10.8 Å². The number of aromatic nitrogens is 1. The number of nitrogens with zero attached hydrogens (tertiary/aromatic N) is 1. The van der Waals surface area contributed by atoms with Crippen LogP contribution in [0.25, 0.3) is 0 Å². The molecule has 1 aromatic carbocycles. The predicted octanol–water partition coefficient (Wildman–Crippen LogP) is 2.30. The van der Waals surface area contributed by atoms with Crippen LogP contribution in [0.2, 0.25) is 5.02 Å². The Balaban J connectivity index is 1.95. The SMILES string of the molecule is CC(Oc1ccc(Cl)cc1)C(=O)Nc1ncc(C(N)=O)s1. The summed E-state index contributed by atoms with van der Waals surface area (Å²) in [6.07, 6.45) is 0.583. The molecule has 21 heavy (non-hydrogen) atoms. The summed E-state index contributed by atoms with van der Waals surface area (Å²) in [5, 5.41) is 3.43. The second kappa shape index (κ2) is 6.55. The van der Waals surface area contributed by atoms with Crippen molar-refractivity contribution in [3.63, 3.8) is 0 Å². The van der Waals surface area contributed by atoms with E-state index in [0.29, 0.717) is 15.9 Å². The van der Waals surface area contributed by atoms with Gasteiger partial charge in [0.25, 0.3) is 11.8 Å². The third-order valence-electron chi connectivity index (χ3n) is 2.47. The Morgan fingerprint density at radius 1 is 1.38 bits per heavy atom. The van der Waals surface area contributed by atoms with Crippen LogP contribution in [0.15, 0.2) is 30.5 Å². The standard InChI is InChI=1S/C13H12ClN3O3S/c1-7(20-9-4-2-8(14)3-5-9)12(19)17-13-16-6-10(21-13)11(15)18/h2-7H,1H3,(H2,15,18)(H,16,17,19). The van der Waals surface area contributed by atoms with Crippen molar-refractivity contribution in [2.24, 2.45) is 5.73 Å². The minimum atomic E-state index is -0.730. The number of primary amides is 1. The van der Waals surface area contributed by atoms with Crippen molar-refractivity contribution in [2.75, 3.05) is 5.32 Å². The van der Waals surface area contributed by atoms with Gasteiger partial charge in [0.05, 0.1) is 6.20 Å². The number of nitrogens with two attached hydrogens (primary N) is 1. The third-order valence-corrected chi connectivity index (χ3v) is 3.65. The molecule has 1 atom stereocenters. The maximum atomic E-state index is 12.0. The van der Waals surface area contributed by atoms with Crippen LogP contribution < -0.4 is 15.8 Å². The minimum absolute atomic E-state index is 0.275. The van der Waals surface area contributed by atoms with Crippen LogP contribution in [-0.2, 0) is 4.79 Å². The molecule has 0 spiro atoms. The fraction of sp³-hybridized carbons (Fsp3) is 0.154. The lowest BCUT2D eigenvalue weighted by atomic mass is 10.3. The molecule has 0 saturated heterocycles. The fourth-order valence-corrected chi connectivity index (χ4v) is 2.22. The molecule has 2 rings (SSSR count). The number of halogens is 1. The van der Waals surface area contributed by atoms with Crippen LogP contribution >= 0.6 is 22.9 Å². The summed E-state index contributed by atoms with van der Waals surface area (Å²) in [5.41, 5.74) is 5.12. The molecule has 110 valence electrons. The molecule has 3 N–H and O–H groups in total. The third kappa shape index (κ3) is 4.17. The van der Waals surface area contributed by atoms with Gasteiger partial charge >= 0.3 is 0 Å². The van der Waals surface area contributed by atoms with E-state index in [1.807, 2.05) is 0 Å². The van der Waals surface area contributed by atoms with E-state index >= 15 is 0 Å². The number of hydrogen-bond donors (Lipinski definition) is 2. The molecule has 0 saturated carbocycles. The van der Waals surface area contributed by atoms with Gasteiger partial charge in [-0.25, -0.2) is 4.98 Å². The first-order valence-corrected chi connectivity index (χ1v) is 7.14. The second-order valence-corrected chi connectivity index (χ2v) is 5.56. The van der Waals surface area contributed by atoms with Crippen LogP contribution in [0, 0.1) is 0 Å². The highest BCUT2D eigenvalue weighted by Gasteiger charge is 2.17. The van der Waals surface area contributed by atoms with Crippen LogP contribution in [0.3, 0.4) is 0 Å². The molecule has 0 aliphatic carbocycles. The zero-order valence-corrected chi connectivity index (χ0v) is 12.6. The maximum absolute atomic E-state index is 12.0. The Hall–Kier alpha value is -2.12. The summed E-state index contributed by atoms with van der Waals surface area (Å²) in [4.78, 5) is 27.1. The van der Waals surface area contributed by atoms with E-state index in [4.69, 9.17) is 22.1 Å². The van der Waals surface area contributed by atoms with Gasteiger partial charge in [0.2, 0.25) is 0 Å². The van der Waals surface area contributed by atoms with Crippen molar-refractivity contribution in [1.82, 2.24) is 4.98 Å². The Morgan fingerprint density at radius 2 is 2.05 bits per heavy atom. The van der Waals surface area contributed by atoms with Gasteiger partial charge in [-0.05, 0) is 31.2 Å². The highest BCUT2D eigenvalue weighted by Crippen LogP contribution is 2.19. The molecule has 0 aliphatic rings. The average Bonchev–Trinajstić information content (AvgIpc) is 2.90. The normalized spacial score (nSPS) is 11.7. The monoisotopic (exact) mass is 325 g/mol. The van der Waals surface area contributed by atoms with Crippen molar-refractivity contribution >= 4 is 39.9 Å². The Bertz CT molecular complexity index is 657. The Labute approximate surface area is 129 Å². The summed E-state index contributed by atoms with van der Waals surface area (Å²) in [6, 6.07) is 6.67. The topological polar surface area (TPSA) is 94.3 Å². The van der Waals surface area contributed by atoms with Crippen LogP contribution in [0.1, 0.15) is 16.6 Å². The molecule has 0 aliphatic heterocycles. The first-order valence-electron chi connectivity index (χ1n) is 5.94. The molecule has 1 unspecified atom stereocenters. The number of benzene rings is 1. The number of anilines is 1. The lowest BCUT2D eigenvalue weighted by Gasteiger charge is -2.13. The van der Waals surface area contributed by atoms with Gasteiger partial charge in [-0.3, -0.25) is 14.9 Å². The van der Waals surface area contributed by atoms with Crippen LogP contribution in [-0.4, -0.2) is 22.9 Å². The molecule has 8 heteroatoms. The zero-order valence-electron chi connectivity index (χ0n) is 11.0. The number of carbonyl (C=O) groups is 2. The van der Waals surface area contributed by atoms with E-state index < -0.39 is 12.0 Å². The van der Waals surface area contributed by atoms with Crippen molar-refractivity contribution in [2.45, 2.75) is 13.0 Å². The quantitative estimate of drug-likeness (QED) is 0.881. The van der Waals surface area contributed by atoms with E-state index in [0.717, 1.165) is 11.3 Å². The summed E-state index contributed by atoms with van der Waals surface area (Å²) >= 11 is 6.77. The molecule has 6 nitrogen and oxygen atoms in total. The highest BCUT2D eigenvalue weighted by molar-refractivity contribution is 7.17. The summed E-state index contributed by atoms with van der Waals surface area (Å²) in [6.45, 7) is 1.60. The number of thiazole rings is 1. The number of hydrogen-bond acceptors (Lipinski definition) is 5. The van der Waals surface area contributed by atoms with Crippen LogP contribution in [0.5, 0.6) is 5.75 Å². The van der Waals surface area contributed by atoms with Gasteiger partial charge < -0.3 is 10.5 Å². The molecule has 2 amide bonds. The van der Waals surface area contributed by atoms with Crippen molar-refractivity contribution in [3.05, 3.63) is 40.4 Å². The lowest BCUT2D eigenvalue weighted by Crippen LogP contribution is -2.30. The molecule has 0 radical (unpaired) electrons. The van der Waals surface area contributed by atoms with Gasteiger partial charge in [-0.1, -0.05) is 22.9 Å². The first-order chi connectivity index (χ1) is 9.95. The molecular weight excluding hydrogens is 314 g/mol. The minimum Gasteiger partial charge on any atom is -0.481 e. The first kappa shape index (κ1) is 15.3. The van der Waals surface area contributed by atoms with Gasteiger partial charge in [-0.2, -0.15) is 0 Å². The largest absolute Gasteiger partial charge is 0.481 e. The number of nitrogens with one attached hydrogen (secondary N) is 1. The molecule has 1 aromatic heterocycles. The van der Waals surface area contributed by atoms with Crippen molar-refractivity contribution in [1.29, 1.82) is 0 Å². The van der Waals surface area contributed by atoms with Crippen molar-refractivity contribution < 1.29 is 14.3 Å². The number of rotatable bonds is 5. The summed E-state index contributed by atoms with van der Waals surface area (Å²) in [5.74, 6) is -0.437. The van der Waals surface area contributed by atoms with Gasteiger partial charge in [0.15, 0.2) is 11.2 Å². The Kier molecular flexibility index (Phi) is 4.77. The zero-order chi connectivity index (χ0) is 15.4. The van der Waals surface area contributed by atoms with E-state index in [9.17, 15) is 9.59 Å². The van der Waals surface area contributed by atoms with E-state index in [1.54, 1.807) is 31.2 Å². The Morgan fingerprint density at radius 3 is 2.62 bits per heavy atom. The maximum Gasteiger partial charge on any atom is 0.266 e. The number of amides is 2. The molecule has 2 aromatic rings. The second-order valence-electron chi connectivity index (χ2n) is 4.10. The molecule has 0 bridgehead atoms. The van der Waals surface area contributed by atoms with Crippen LogP contribution in [0.4, 0.5) is 5.13 Å². The lowest BCUT2D eigenvalue weighted by molar-refractivity contribution is -0.122. The molecule has 1 heterocycles. The summed E-state index contributed by atoms with van der Waals surface area (Å²) in [7, 11) is 0. The highest BCUT2D eigenvalue weighted by atomic mass is 35.5. The summed E-state index contributed by atoms with van der Waals surface area (Å²) < 4.78 is 5.47. The number of ether oxygens (including phenoxy) is 1. The number of carbonyl (C=O) groups excluding carboxylic acids is 2. The molecular formula is C13H12ClN3O3S.